The summed E-state index contributed by atoms with van der Waals surface area (Å²) in [6.45, 7) is 3.65. The summed E-state index contributed by atoms with van der Waals surface area (Å²) in [5.74, 6) is 0.166. The fourth-order valence-corrected chi connectivity index (χ4v) is 1.76. The van der Waals surface area contributed by atoms with E-state index in [0.717, 1.165) is 0 Å². The van der Waals surface area contributed by atoms with Gasteiger partial charge in [-0.2, -0.15) is 0 Å². The van der Waals surface area contributed by atoms with Crippen LogP contribution in [0.5, 0.6) is 0 Å². The highest BCUT2D eigenvalue weighted by molar-refractivity contribution is 5.95. The summed E-state index contributed by atoms with van der Waals surface area (Å²) in [4.78, 5) is 12.2. The number of hydrogen-bond acceptors (Lipinski definition) is 7. The number of anilines is 1. The van der Waals surface area contributed by atoms with E-state index in [-0.39, 0.29) is 12.5 Å². The maximum absolute atomic E-state index is 12.2. The van der Waals surface area contributed by atoms with Gasteiger partial charge in [-0.25, -0.2) is 4.79 Å². The Hall–Kier alpha value is -2.41. The number of hydrogen-bond donors (Lipinski definition) is 2. The molecule has 1 heterocycles. The first-order valence-corrected chi connectivity index (χ1v) is 6.56. The number of benzene rings is 1. The topological polar surface area (TPSA) is 97.5 Å². The monoisotopic (exact) mass is 291 g/mol. The van der Waals surface area contributed by atoms with Crippen LogP contribution in [0.25, 0.3) is 0 Å². The van der Waals surface area contributed by atoms with Crippen molar-refractivity contribution < 1.29 is 19.1 Å². The third kappa shape index (κ3) is 3.79. The Morgan fingerprint density at radius 3 is 2.86 bits per heavy atom. The maximum atomic E-state index is 12.2. The molecule has 2 aromatic rings. The van der Waals surface area contributed by atoms with Crippen molar-refractivity contribution in [3.05, 3.63) is 41.6 Å². The number of rotatable bonds is 6. The summed E-state index contributed by atoms with van der Waals surface area (Å²) in [7, 11) is 0. The van der Waals surface area contributed by atoms with Crippen molar-refractivity contribution in [3.63, 3.8) is 0 Å². The van der Waals surface area contributed by atoms with E-state index < -0.39 is 12.1 Å². The van der Waals surface area contributed by atoms with Crippen LogP contribution in [0.4, 0.5) is 5.69 Å². The lowest BCUT2D eigenvalue weighted by Gasteiger charge is -2.13. The predicted molar refractivity (Wildman–Crippen MR) is 74.9 cm³/mol. The minimum atomic E-state index is -0.635. The fraction of sp³-hybridized carbons (Fsp3) is 0.357. The summed E-state index contributed by atoms with van der Waals surface area (Å²) >= 11 is 0. The molecule has 0 saturated heterocycles. The Labute approximate surface area is 121 Å². The molecule has 0 aliphatic carbocycles. The molecule has 1 aromatic heterocycles. The summed E-state index contributed by atoms with van der Waals surface area (Å²) < 4.78 is 10.5. The van der Waals surface area contributed by atoms with Crippen LogP contribution in [0.2, 0.25) is 0 Å². The quantitative estimate of drug-likeness (QED) is 0.782. The number of carbonyl (C=O) groups excluding carboxylic acids is 1. The Bertz CT molecular complexity index is 612. The summed E-state index contributed by atoms with van der Waals surface area (Å²) in [6, 6.07) is 6.92. The molecule has 0 amide bonds. The second kappa shape index (κ2) is 6.85. The first-order valence-electron chi connectivity index (χ1n) is 6.56. The van der Waals surface area contributed by atoms with Crippen molar-refractivity contribution in [3.8, 4) is 0 Å². The molecular formula is C14H17N3O4. The molecule has 0 spiro atoms. The minimum absolute atomic E-state index is 0.0267. The SMILES string of the molecule is Cc1nnc([C@H](C)OC(=O)c2ccccc2NCCO)o1. The summed E-state index contributed by atoms with van der Waals surface area (Å²) in [6.07, 6.45) is -0.635. The number of para-hydroxylation sites is 1. The molecule has 112 valence electrons. The Morgan fingerprint density at radius 1 is 1.43 bits per heavy atom. The molecule has 0 bridgehead atoms. The van der Waals surface area contributed by atoms with Gasteiger partial charge in [-0.15, -0.1) is 10.2 Å². The minimum Gasteiger partial charge on any atom is -0.449 e. The lowest BCUT2D eigenvalue weighted by Crippen LogP contribution is -2.14. The van der Waals surface area contributed by atoms with E-state index in [9.17, 15) is 4.79 Å². The van der Waals surface area contributed by atoms with Crippen LogP contribution in [-0.4, -0.2) is 34.4 Å². The van der Waals surface area contributed by atoms with Crippen LogP contribution in [0, 0.1) is 6.92 Å². The highest BCUT2D eigenvalue weighted by atomic mass is 16.6. The molecule has 1 atom stereocenters. The van der Waals surface area contributed by atoms with Crippen molar-refractivity contribution in [1.29, 1.82) is 0 Å². The van der Waals surface area contributed by atoms with Crippen molar-refractivity contribution in [1.82, 2.24) is 10.2 Å². The largest absolute Gasteiger partial charge is 0.449 e. The number of aromatic nitrogens is 2. The van der Waals surface area contributed by atoms with E-state index in [1.807, 2.05) is 0 Å². The van der Waals surface area contributed by atoms with Crippen molar-refractivity contribution >= 4 is 11.7 Å². The van der Waals surface area contributed by atoms with Crippen molar-refractivity contribution in [2.24, 2.45) is 0 Å². The average molecular weight is 291 g/mol. The number of aryl methyl sites for hydroxylation is 1. The Kier molecular flexibility index (Phi) is 4.89. The van der Waals surface area contributed by atoms with Crippen LogP contribution in [0.15, 0.2) is 28.7 Å². The van der Waals surface area contributed by atoms with E-state index in [4.69, 9.17) is 14.3 Å². The zero-order valence-electron chi connectivity index (χ0n) is 11.9. The molecule has 1 aromatic carbocycles. The zero-order valence-corrected chi connectivity index (χ0v) is 11.9. The van der Waals surface area contributed by atoms with Crippen LogP contribution in [0.1, 0.15) is 35.2 Å². The molecule has 0 radical (unpaired) electrons. The van der Waals surface area contributed by atoms with Gasteiger partial charge in [0.25, 0.3) is 5.89 Å². The number of aliphatic hydroxyl groups excluding tert-OH is 1. The lowest BCUT2D eigenvalue weighted by molar-refractivity contribution is 0.0278. The first-order chi connectivity index (χ1) is 10.1. The zero-order chi connectivity index (χ0) is 15.2. The van der Waals surface area contributed by atoms with Crippen LogP contribution < -0.4 is 5.32 Å². The normalized spacial score (nSPS) is 12.0. The van der Waals surface area contributed by atoms with Gasteiger partial charge in [0.05, 0.1) is 12.2 Å². The van der Waals surface area contributed by atoms with Crippen LogP contribution in [0.3, 0.4) is 0 Å². The third-order valence-corrected chi connectivity index (χ3v) is 2.75. The number of carbonyl (C=O) groups is 1. The smallest absolute Gasteiger partial charge is 0.341 e. The van der Waals surface area contributed by atoms with Crippen molar-refractivity contribution in [2.45, 2.75) is 20.0 Å². The molecule has 2 rings (SSSR count). The second-order valence-corrected chi connectivity index (χ2v) is 4.40. The maximum Gasteiger partial charge on any atom is 0.341 e. The first kappa shape index (κ1) is 15.0. The van der Waals surface area contributed by atoms with Gasteiger partial charge in [-0.1, -0.05) is 12.1 Å². The standard InChI is InChI=1S/C14H17N3O4/c1-9(13-17-16-10(2)21-13)20-14(19)11-5-3-4-6-12(11)15-7-8-18/h3-6,9,15,18H,7-8H2,1-2H3/t9-/m0/s1. The van der Waals surface area contributed by atoms with Gasteiger partial charge in [-0.3, -0.25) is 0 Å². The number of esters is 1. The predicted octanol–water partition coefficient (Wildman–Crippen LogP) is 1.70. The molecule has 0 fully saturated rings. The highest BCUT2D eigenvalue weighted by Gasteiger charge is 2.20. The molecule has 0 aliphatic heterocycles. The Balaban J connectivity index is 2.09. The van der Waals surface area contributed by atoms with E-state index in [1.165, 1.54) is 0 Å². The molecule has 7 heteroatoms. The summed E-state index contributed by atoms with van der Waals surface area (Å²) in [5.41, 5.74) is 0.986. The molecule has 2 N–H and O–H groups in total. The van der Waals surface area contributed by atoms with Crippen molar-refractivity contribution in [2.75, 3.05) is 18.5 Å². The van der Waals surface area contributed by atoms with Crippen LogP contribution >= 0.6 is 0 Å². The number of ether oxygens (including phenoxy) is 1. The lowest BCUT2D eigenvalue weighted by atomic mass is 10.2. The number of nitrogens with zero attached hydrogens (tertiary/aromatic N) is 2. The van der Waals surface area contributed by atoms with E-state index in [2.05, 4.69) is 15.5 Å². The van der Waals surface area contributed by atoms with Gasteiger partial charge >= 0.3 is 5.97 Å². The van der Waals surface area contributed by atoms with Gasteiger partial charge in [0.2, 0.25) is 5.89 Å². The van der Waals surface area contributed by atoms with Gasteiger partial charge in [0, 0.05) is 19.2 Å². The van der Waals surface area contributed by atoms with Crippen LogP contribution in [-0.2, 0) is 4.74 Å². The molecule has 0 unspecified atom stereocenters. The molecule has 7 nitrogen and oxygen atoms in total. The van der Waals surface area contributed by atoms with Gasteiger partial charge in [-0.05, 0) is 19.1 Å². The Morgan fingerprint density at radius 2 is 2.19 bits per heavy atom. The number of aliphatic hydroxyl groups is 1. The van der Waals surface area contributed by atoms with Gasteiger partial charge < -0.3 is 19.6 Å². The molecular weight excluding hydrogens is 274 g/mol. The average Bonchev–Trinajstić information content (AvgIpc) is 2.92. The highest BCUT2D eigenvalue weighted by Crippen LogP contribution is 2.21. The fourth-order valence-electron chi connectivity index (χ4n) is 1.76. The molecule has 0 aliphatic rings. The number of nitrogens with one attached hydrogen (secondary N) is 1. The summed E-state index contributed by atoms with van der Waals surface area (Å²) in [5, 5.41) is 19.3. The molecule has 0 saturated carbocycles. The van der Waals surface area contributed by atoms with E-state index >= 15 is 0 Å². The van der Waals surface area contributed by atoms with E-state index in [1.54, 1.807) is 38.1 Å². The van der Waals surface area contributed by atoms with Gasteiger partial charge in [0.1, 0.15) is 0 Å². The van der Waals surface area contributed by atoms with E-state index in [0.29, 0.717) is 23.7 Å². The second-order valence-electron chi connectivity index (χ2n) is 4.40. The van der Waals surface area contributed by atoms with Gasteiger partial charge in [0.15, 0.2) is 6.10 Å². The molecule has 21 heavy (non-hydrogen) atoms. The third-order valence-electron chi connectivity index (χ3n) is 2.75.